The molecule has 148 valence electrons. The second-order valence-corrected chi connectivity index (χ2v) is 9.48. The van der Waals surface area contributed by atoms with Crippen LogP contribution in [0.1, 0.15) is 42.3 Å². The Bertz CT molecular complexity index is 906. The first-order valence-corrected chi connectivity index (χ1v) is 11.2. The Morgan fingerprint density at radius 1 is 1.30 bits per heavy atom. The molecule has 1 N–H and O–H groups in total. The highest BCUT2D eigenvalue weighted by molar-refractivity contribution is 7.88. The summed E-state index contributed by atoms with van der Waals surface area (Å²) < 4.78 is 30.5. The van der Waals surface area contributed by atoms with Crippen molar-refractivity contribution in [2.75, 3.05) is 32.5 Å². The lowest BCUT2D eigenvalue weighted by Crippen LogP contribution is -2.39. The van der Waals surface area contributed by atoms with E-state index in [0.717, 1.165) is 25.5 Å². The van der Waals surface area contributed by atoms with Crippen LogP contribution in [0.5, 0.6) is 0 Å². The lowest BCUT2D eigenvalue weighted by atomic mass is 10.1. The maximum atomic E-state index is 12.5. The highest BCUT2D eigenvalue weighted by Crippen LogP contribution is 2.27. The molecule has 1 aromatic heterocycles. The zero-order valence-electron chi connectivity index (χ0n) is 15.3. The molecule has 0 spiro atoms. The third-order valence-corrected chi connectivity index (χ3v) is 6.87. The van der Waals surface area contributed by atoms with Gasteiger partial charge in [-0.05, 0) is 25.7 Å². The van der Waals surface area contributed by atoms with Gasteiger partial charge in [-0.2, -0.15) is 4.31 Å². The van der Waals surface area contributed by atoms with Gasteiger partial charge in [0.05, 0.1) is 18.5 Å². The summed E-state index contributed by atoms with van der Waals surface area (Å²) in [4.78, 5) is 34.2. The molecule has 9 nitrogen and oxygen atoms in total. The predicted octanol–water partition coefficient (Wildman–Crippen LogP) is -0.417. The van der Waals surface area contributed by atoms with Crippen molar-refractivity contribution in [2.45, 2.75) is 44.2 Å². The fraction of sp³-hybridized carbons (Fsp3) is 0.706. The van der Waals surface area contributed by atoms with Gasteiger partial charge in [0, 0.05) is 37.7 Å². The van der Waals surface area contributed by atoms with Gasteiger partial charge in [-0.3, -0.25) is 9.59 Å². The monoisotopic (exact) mass is 396 g/mol. The molecule has 0 bridgehead atoms. The molecular formula is C17H24N4O5S. The normalized spacial score (nSPS) is 26.3. The van der Waals surface area contributed by atoms with Crippen molar-refractivity contribution in [3.63, 3.8) is 0 Å². The van der Waals surface area contributed by atoms with Crippen LogP contribution in [-0.2, 0) is 32.5 Å². The molecule has 4 rings (SSSR count). The van der Waals surface area contributed by atoms with Crippen LogP contribution in [0.2, 0.25) is 0 Å². The number of rotatable bonds is 3. The molecule has 3 aliphatic heterocycles. The van der Waals surface area contributed by atoms with Crippen LogP contribution in [-0.4, -0.2) is 72.1 Å². The maximum Gasteiger partial charge on any atom is 0.254 e. The first-order valence-electron chi connectivity index (χ1n) is 9.30. The number of nitrogens with zero attached hydrogens (tertiary/aromatic N) is 3. The predicted molar refractivity (Wildman–Crippen MR) is 96.7 cm³/mol. The van der Waals surface area contributed by atoms with Crippen molar-refractivity contribution in [1.82, 2.24) is 19.2 Å². The summed E-state index contributed by atoms with van der Waals surface area (Å²) in [7, 11) is -3.33. The van der Waals surface area contributed by atoms with Crippen molar-refractivity contribution in [3.8, 4) is 0 Å². The number of carbonyl (C=O) groups is 1. The average molecular weight is 396 g/mol. The third-order valence-electron chi connectivity index (χ3n) is 5.62. The second kappa shape index (κ2) is 6.99. The number of hydrogen-bond donors (Lipinski definition) is 1. The van der Waals surface area contributed by atoms with Gasteiger partial charge in [0.1, 0.15) is 11.9 Å². The van der Waals surface area contributed by atoms with Gasteiger partial charge in [-0.15, -0.1) is 0 Å². The van der Waals surface area contributed by atoms with E-state index in [1.165, 1.54) is 4.31 Å². The molecule has 2 fully saturated rings. The Morgan fingerprint density at radius 3 is 2.81 bits per heavy atom. The Hall–Kier alpha value is -1.78. The largest absolute Gasteiger partial charge is 0.368 e. The molecule has 10 heteroatoms. The Kier molecular flexibility index (Phi) is 4.81. The number of carbonyl (C=O) groups excluding carboxylic acids is 1. The van der Waals surface area contributed by atoms with E-state index in [4.69, 9.17) is 4.74 Å². The molecule has 0 aromatic carbocycles. The van der Waals surface area contributed by atoms with Crippen molar-refractivity contribution in [2.24, 2.45) is 0 Å². The molecule has 0 aliphatic carbocycles. The first kappa shape index (κ1) is 18.6. The highest BCUT2D eigenvalue weighted by atomic mass is 32.2. The van der Waals surface area contributed by atoms with E-state index in [9.17, 15) is 18.0 Å². The van der Waals surface area contributed by atoms with Crippen LogP contribution in [0.15, 0.2) is 4.79 Å². The Balaban J connectivity index is 1.53. The summed E-state index contributed by atoms with van der Waals surface area (Å²) in [5.41, 5.74) is 0.880. The van der Waals surface area contributed by atoms with E-state index >= 15 is 0 Å². The second-order valence-electron chi connectivity index (χ2n) is 7.49. The van der Waals surface area contributed by atoms with E-state index in [2.05, 4.69) is 9.97 Å². The lowest BCUT2D eigenvalue weighted by molar-refractivity contribution is -0.139. The Labute approximate surface area is 157 Å². The van der Waals surface area contributed by atoms with Crippen LogP contribution in [0.4, 0.5) is 0 Å². The number of sulfonamides is 1. The number of fused-ring (bicyclic) bond motifs is 1. The topological polar surface area (TPSA) is 113 Å². The maximum absolute atomic E-state index is 12.5. The minimum absolute atomic E-state index is 0.0126. The summed E-state index contributed by atoms with van der Waals surface area (Å²) in [5, 5.41) is 0. The molecular weight excluding hydrogens is 372 g/mol. The number of likely N-dealkylation sites (tertiary alicyclic amines) is 1. The number of amides is 1. The van der Waals surface area contributed by atoms with Gasteiger partial charge in [0.15, 0.2) is 0 Å². The smallest absolute Gasteiger partial charge is 0.254 e. The molecule has 27 heavy (non-hydrogen) atoms. The van der Waals surface area contributed by atoms with Gasteiger partial charge >= 0.3 is 0 Å². The van der Waals surface area contributed by atoms with Crippen molar-refractivity contribution < 1.29 is 17.9 Å². The zero-order chi connectivity index (χ0) is 19.2. The first-order chi connectivity index (χ1) is 12.8. The molecule has 0 saturated carbocycles. The SMILES string of the molecule is CS(=O)(=O)N1CCc2c(nc([C@@H]3CCN(C(=O)[C@H]4CCCO4)C3)[nH]c2=O)C1. The fourth-order valence-corrected chi connectivity index (χ4v) is 4.85. The lowest BCUT2D eigenvalue weighted by Gasteiger charge is -2.26. The summed E-state index contributed by atoms with van der Waals surface area (Å²) in [6.07, 6.45) is 3.56. The van der Waals surface area contributed by atoms with Crippen molar-refractivity contribution in [3.05, 3.63) is 27.4 Å². The molecule has 3 aliphatic rings. The number of H-pyrrole nitrogens is 1. The van der Waals surface area contributed by atoms with Gasteiger partial charge in [0.25, 0.3) is 11.5 Å². The van der Waals surface area contributed by atoms with Crippen LogP contribution >= 0.6 is 0 Å². The van der Waals surface area contributed by atoms with Gasteiger partial charge in [-0.25, -0.2) is 13.4 Å². The minimum atomic E-state index is -3.33. The number of aromatic amines is 1. The van der Waals surface area contributed by atoms with Crippen molar-refractivity contribution in [1.29, 1.82) is 0 Å². The van der Waals surface area contributed by atoms with Gasteiger partial charge in [0.2, 0.25) is 10.0 Å². The number of aromatic nitrogens is 2. The summed E-state index contributed by atoms with van der Waals surface area (Å²) in [5.74, 6) is 0.497. The van der Waals surface area contributed by atoms with E-state index in [1.54, 1.807) is 4.90 Å². The van der Waals surface area contributed by atoms with E-state index in [0.29, 0.717) is 49.7 Å². The van der Waals surface area contributed by atoms with E-state index < -0.39 is 10.0 Å². The minimum Gasteiger partial charge on any atom is -0.368 e. The van der Waals surface area contributed by atoms with E-state index in [-0.39, 0.29) is 30.0 Å². The van der Waals surface area contributed by atoms with Crippen LogP contribution in [0.25, 0.3) is 0 Å². The summed E-state index contributed by atoms with van der Waals surface area (Å²) in [6, 6.07) is 0. The number of ether oxygens (including phenoxy) is 1. The van der Waals surface area contributed by atoms with Gasteiger partial charge < -0.3 is 14.6 Å². The molecule has 2 saturated heterocycles. The molecule has 0 unspecified atom stereocenters. The average Bonchev–Trinajstić information content (AvgIpc) is 3.32. The summed E-state index contributed by atoms with van der Waals surface area (Å²) >= 11 is 0. The summed E-state index contributed by atoms with van der Waals surface area (Å²) in [6.45, 7) is 2.15. The zero-order valence-corrected chi connectivity index (χ0v) is 16.1. The number of nitrogens with one attached hydrogen (secondary N) is 1. The van der Waals surface area contributed by atoms with E-state index in [1.807, 2.05) is 0 Å². The quantitative estimate of drug-likeness (QED) is 0.743. The molecule has 1 amide bonds. The molecule has 1 aromatic rings. The van der Waals surface area contributed by atoms with Crippen LogP contribution < -0.4 is 5.56 Å². The molecule has 0 radical (unpaired) electrons. The highest BCUT2D eigenvalue weighted by Gasteiger charge is 2.35. The molecule has 2 atom stereocenters. The van der Waals surface area contributed by atoms with Crippen molar-refractivity contribution >= 4 is 15.9 Å². The van der Waals surface area contributed by atoms with Crippen LogP contribution in [0, 0.1) is 0 Å². The third kappa shape index (κ3) is 3.65. The van der Waals surface area contributed by atoms with Gasteiger partial charge in [-0.1, -0.05) is 0 Å². The van der Waals surface area contributed by atoms with Crippen LogP contribution in [0.3, 0.4) is 0 Å². The fourth-order valence-electron chi connectivity index (χ4n) is 4.07. The number of hydrogen-bond acceptors (Lipinski definition) is 6. The molecule has 4 heterocycles. The standard InChI is InChI=1S/C17H24N4O5S/c1-27(24,25)21-7-5-12-13(10-21)18-15(19-16(12)22)11-4-6-20(9-11)17(23)14-3-2-8-26-14/h11,14H,2-10H2,1H3,(H,18,19,22)/t11-,14-/m1/s1. The Morgan fingerprint density at radius 2 is 2.11 bits per heavy atom.